The molecule has 0 spiro atoms. The van der Waals surface area contributed by atoms with Gasteiger partial charge < -0.3 is 19.5 Å². The molecule has 0 aliphatic rings. The first-order valence-corrected chi connectivity index (χ1v) is 9.07. The summed E-state index contributed by atoms with van der Waals surface area (Å²) in [5.41, 5.74) is 1.45. The molecular formula is C19H21NO6S. The zero-order valence-electron chi connectivity index (χ0n) is 15.6. The molecule has 0 atom stereocenters. The van der Waals surface area contributed by atoms with Crippen LogP contribution in [0.4, 0.5) is 5.00 Å². The van der Waals surface area contributed by atoms with E-state index in [4.69, 9.17) is 14.2 Å². The van der Waals surface area contributed by atoms with Gasteiger partial charge in [-0.05, 0) is 38.0 Å². The van der Waals surface area contributed by atoms with E-state index in [1.54, 1.807) is 19.9 Å². The van der Waals surface area contributed by atoms with Crippen LogP contribution in [0.15, 0.2) is 24.3 Å². The Bertz CT molecular complexity index is 858. The van der Waals surface area contributed by atoms with Crippen LogP contribution in [-0.2, 0) is 14.3 Å². The third-order valence-electron chi connectivity index (χ3n) is 3.70. The number of rotatable bonds is 7. The highest BCUT2D eigenvalue weighted by Crippen LogP contribution is 2.34. The number of benzene rings is 1. The monoisotopic (exact) mass is 391 g/mol. The van der Waals surface area contributed by atoms with E-state index in [1.807, 2.05) is 25.1 Å². The SMILES string of the molecule is CCOC(=O)c1c(NC(=O)COc2ccccc2C)sc(C(=O)OC)c1C. The molecule has 0 aliphatic carbocycles. The molecule has 0 unspecified atom stereocenters. The van der Waals surface area contributed by atoms with Gasteiger partial charge in [-0.25, -0.2) is 9.59 Å². The molecule has 0 saturated carbocycles. The Morgan fingerprint density at radius 3 is 2.44 bits per heavy atom. The highest BCUT2D eigenvalue weighted by atomic mass is 32.1. The molecule has 1 aromatic heterocycles. The van der Waals surface area contributed by atoms with Crippen molar-refractivity contribution in [3.8, 4) is 5.75 Å². The Labute approximate surface area is 161 Å². The Balaban J connectivity index is 2.20. The normalized spacial score (nSPS) is 10.2. The summed E-state index contributed by atoms with van der Waals surface area (Å²) in [7, 11) is 1.25. The Morgan fingerprint density at radius 2 is 1.81 bits per heavy atom. The maximum absolute atomic E-state index is 12.3. The van der Waals surface area contributed by atoms with Crippen LogP contribution in [0.2, 0.25) is 0 Å². The number of carbonyl (C=O) groups is 3. The Morgan fingerprint density at radius 1 is 1.11 bits per heavy atom. The first kappa shape index (κ1) is 20.4. The first-order chi connectivity index (χ1) is 12.9. The Kier molecular flexibility index (Phi) is 6.95. The van der Waals surface area contributed by atoms with Crippen molar-refractivity contribution < 1.29 is 28.6 Å². The van der Waals surface area contributed by atoms with E-state index in [2.05, 4.69) is 5.32 Å². The number of hydrogen-bond donors (Lipinski definition) is 1. The topological polar surface area (TPSA) is 90.9 Å². The summed E-state index contributed by atoms with van der Waals surface area (Å²) >= 11 is 0.963. The third kappa shape index (κ3) is 4.85. The maximum Gasteiger partial charge on any atom is 0.348 e. The lowest BCUT2D eigenvalue weighted by atomic mass is 10.1. The zero-order chi connectivity index (χ0) is 20.0. The molecule has 8 heteroatoms. The van der Waals surface area contributed by atoms with Crippen LogP contribution in [0, 0.1) is 13.8 Å². The molecule has 1 heterocycles. The number of methoxy groups -OCH3 is 1. The molecule has 0 saturated heterocycles. The van der Waals surface area contributed by atoms with Crippen molar-refractivity contribution in [1.82, 2.24) is 0 Å². The lowest BCUT2D eigenvalue weighted by molar-refractivity contribution is -0.118. The number of ether oxygens (including phenoxy) is 3. The minimum absolute atomic E-state index is 0.145. The number of anilines is 1. The third-order valence-corrected chi connectivity index (χ3v) is 4.89. The van der Waals surface area contributed by atoms with Gasteiger partial charge in [0.15, 0.2) is 6.61 Å². The molecule has 0 fully saturated rings. The van der Waals surface area contributed by atoms with Crippen LogP contribution in [0.5, 0.6) is 5.75 Å². The van der Waals surface area contributed by atoms with E-state index in [0.29, 0.717) is 11.3 Å². The van der Waals surface area contributed by atoms with Gasteiger partial charge in [-0.15, -0.1) is 11.3 Å². The summed E-state index contributed by atoms with van der Waals surface area (Å²) < 4.78 is 15.3. The van der Waals surface area contributed by atoms with Crippen LogP contribution >= 0.6 is 11.3 Å². The van der Waals surface area contributed by atoms with Crippen molar-refractivity contribution in [3.63, 3.8) is 0 Å². The molecule has 1 amide bonds. The van der Waals surface area contributed by atoms with Gasteiger partial charge in [0.05, 0.1) is 19.3 Å². The second kappa shape index (κ2) is 9.18. The number of thiophene rings is 1. The van der Waals surface area contributed by atoms with Crippen LogP contribution < -0.4 is 10.1 Å². The van der Waals surface area contributed by atoms with Gasteiger partial charge in [-0.2, -0.15) is 0 Å². The van der Waals surface area contributed by atoms with Gasteiger partial charge in [0.1, 0.15) is 15.6 Å². The highest BCUT2D eigenvalue weighted by molar-refractivity contribution is 7.18. The average molecular weight is 391 g/mol. The standard InChI is InChI=1S/C19H21NO6S/c1-5-25-18(22)15-12(3)16(19(23)24-4)27-17(15)20-14(21)10-26-13-9-7-6-8-11(13)2/h6-9H,5,10H2,1-4H3,(H,20,21). The van der Waals surface area contributed by atoms with Crippen LogP contribution in [0.3, 0.4) is 0 Å². The van der Waals surface area contributed by atoms with Crippen molar-refractivity contribution in [1.29, 1.82) is 0 Å². The largest absolute Gasteiger partial charge is 0.483 e. The highest BCUT2D eigenvalue weighted by Gasteiger charge is 2.27. The number of amides is 1. The number of carbonyl (C=O) groups excluding carboxylic acids is 3. The average Bonchev–Trinajstić information content (AvgIpc) is 2.96. The molecule has 1 N–H and O–H groups in total. The first-order valence-electron chi connectivity index (χ1n) is 8.26. The molecule has 2 rings (SSSR count). The summed E-state index contributed by atoms with van der Waals surface area (Å²) in [5.74, 6) is -1.06. The van der Waals surface area contributed by atoms with E-state index in [-0.39, 0.29) is 28.7 Å². The van der Waals surface area contributed by atoms with E-state index >= 15 is 0 Å². The molecule has 7 nitrogen and oxygen atoms in total. The van der Waals surface area contributed by atoms with Crippen LogP contribution in [0.1, 0.15) is 38.1 Å². The number of aryl methyl sites for hydroxylation is 1. The maximum atomic E-state index is 12.3. The summed E-state index contributed by atoms with van der Waals surface area (Å²) in [4.78, 5) is 36.7. The van der Waals surface area contributed by atoms with Gasteiger partial charge in [-0.3, -0.25) is 4.79 Å². The second-order valence-electron chi connectivity index (χ2n) is 5.57. The molecule has 144 valence electrons. The quantitative estimate of drug-likeness (QED) is 0.728. The summed E-state index contributed by atoms with van der Waals surface area (Å²) in [6, 6.07) is 7.32. The van der Waals surface area contributed by atoms with Gasteiger partial charge in [-0.1, -0.05) is 18.2 Å². The Hall–Kier alpha value is -2.87. The molecule has 27 heavy (non-hydrogen) atoms. The van der Waals surface area contributed by atoms with Crippen molar-refractivity contribution >= 4 is 34.2 Å². The van der Waals surface area contributed by atoms with Gasteiger partial charge in [0.25, 0.3) is 5.91 Å². The zero-order valence-corrected chi connectivity index (χ0v) is 16.4. The predicted octanol–water partition coefficient (Wildman–Crippen LogP) is 3.35. The van der Waals surface area contributed by atoms with Crippen molar-refractivity contribution in [2.75, 3.05) is 25.6 Å². The fourth-order valence-corrected chi connectivity index (χ4v) is 3.49. The van der Waals surface area contributed by atoms with Crippen LogP contribution in [0.25, 0.3) is 0 Å². The number of nitrogens with one attached hydrogen (secondary N) is 1. The molecule has 1 aromatic carbocycles. The number of para-hydroxylation sites is 1. The molecular weight excluding hydrogens is 370 g/mol. The van der Waals surface area contributed by atoms with Gasteiger partial charge >= 0.3 is 11.9 Å². The van der Waals surface area contributed by atoms with Gasteiger partial charge in [0, 0.05) is 0 Å². The summed E-state index contributed by atoms with van der Waals surface area (Å²) in [6.07, 6.45) is 0. The fraction of sp³-hybridized carbons (Fsp3) is 0.316. The minimum atomic E-state index is -0.614. The van der Waals surface area contributed by atoms with E-state index in [0.717, 1.165) is 16.9 Å². The second-order valence-corrected chi connectivity index (χ2v) is 6.60. The lowest BCUT2D eigenvalue weighted by Crippen LogP contribution is -2.21. The molecule has 2 aromatic rings. The number of hydrogen-bond acceptors (Lipinski definition) is 7. The van der Waals surface area contributed by atoms with Crippen molar-refractivity contribution in [2.45, 2.75) is 20.8 Å². The lowest BCUT2D eigenvalue weighted by Gasteiger charge is -2.10. The van der Waals surface area contributed by atoms with Gasteiger partial charge in [0.2, 0.25) is 0 Å². The van der Waals surface area contributed by atoms with E-state index in [1.165, 1.54) is 7.11 Å². The minimum Gasteiger partial charge on any atom is -0.483 e. The molecule has 0 radical (unpaired) electrons. The number of esters is 2. The molecule has 0 bridgehead atoms. The van der Waals surface area contributed by atoms with Crippen molar-refractivity contribution in [3.05, 3.63) is 45.8 Å². The summed E-state index contributed by atoms with van der Waals surface area (Å²) in [5, 5.41) is 2.85. The van der Waals surface area contributed by atoms with E-state index in [9.17, 15) is 14.4 Å². The fourth-order valence-electron chi connectivity index (χ4n) is 2.36. The van der Waals surface area contributed by atoms with Crippen LogP contribution in [-0.4, -0.2) is 38.2 Å². The van der Waals surface area contributed by atoms with E-state index < -0.39 is 17.8 Å². The summed E-state index contributed by atoms with van der Waals surface area (Å²) in [6.45, 7) is 5.09. The van der Waals surface area contributed by atoms with Crippen molar-refractivity contribution in [2.24, 2.45) is 0 Å². The smallest absolute Gasteiger partial charge is 0.348 e. The predicted molar refractivity (Wildman–Crippen MR) is 102 cm³/mol. The molecule has 0 aliphatic heterocycles.